The smallest absolute Gasteiger partial charge is 0.225 e. The van der Waals surface area contributed by atoms with E-state index in [1.54, 1.807) is 4.68 Å². The molecule has 1 aliphatic heterocycles. The van der Waals surface area contributed by atoms with Gasteiger partial charge in [0, 0.05) is 19.0 Å². The summed E-state index contributed by atoms with van der Waals surface area (Å²) in [5.41, 5.74) is 2.01. The van der Waals surface area contributed by atoms with Crippen molar-refractivity contribution in [1.82, 2.24) is 15.1 Å². The third-order valence-electron chi connectivity index (χ3n) is 3.72. The van der Waals surface area contributed by atoms with Gasteiger partial charge in [-0.3, -0.25) is 9.48 Å². The van der Waals surface area contributed by atoms with Crippen LogP contribution in [0.4, 0.5) is 5.82 Å². The quantitative estimate of drug-likeness (QED) is 0.848. The molecular formula is C13H22N4O. The number of hydrogen-bond acceptors (Lipinski definition) is 3. The van der Waals surface area contributed by atoms with Crippen molar-refractivity contribution < 1.29 is 4.79 Å². The minimum Gasteiger partial charge on any atom is -0.316 e. The predicted molar refractivity (Wildman–Crippen MR) is 71.5 cm³/mol. The first kappa shape index (κ1) is 13.1. The zero-order chi connectivity index (χ0) is 13.1. The Hall–Kier alpha value is -1.36. The first-order chi connectivity index (χ1) is 8.58. The van der Waals surface area contributed by atoms with Crippen molar-refractivity contribution in [2.75, 3.05) is 18.4 Å². The summed E-state index contributed by atoms with van der Waals surface area (Å²) in [6.07, 6.45) is 2.75. The van der Waals surface area contributed by atoms with Crippen LogP contribution < -0.4 is 10.6 Å². The van der Waals surface area contributed by atoms with Gasteiger partial charge in [0.25, 0.3) is 0 Å². The highest BCUT2D eigenvalue weighted by Gasteiger charge is 2.17. The van der Waals surface area contributed by atoms with Crippen molar-refractivity contribution >= 4 is 11.7 Å². The Morgan fingerprint density at radius 2 is 2.33 bits per heavy atom. The third kappa shape index (κ3) is 2.90. The number of aromatic nitrogens is 2. The van der Waals surface area contributed by atoms with Crippen LogP contribution in [0.15, 0.2) is 0 Å². The molecule has 2 heterocycles. The van der Waals surface area contributed by atoms with E-state index in [2.05, 4.69) is 15.7 Å². The molecule has 0 aromatic carbocycles. The van der Waals surface area contributed by atoms with Crippen molar-refractivity contribution in [2.24, 2.45) is 13.0 Å². The number of anilines is 1. The first-order valence-corrected chi connectivity index (χ1v) is 6.58. The highest BCUT2D eigenvalue weighted by atomic mass is 16.1. The number of nitrogens with zero attached hydrogens (tertiary/aromatic N) is 2. The standard InChI is InChI=1S/C13H22N4O/c1-9-10(2)16-17(3)13(9)15-12(18)5-4-11-6-7-14-8-11/h11,14H,4-8H2,1-3H3,(H,15,18). The molecule has 2 N–H and O–H groups in total. The van der Waals surface area contributed by atoms with E-state index >= 15 is 0 Å². The summed E-state index contributed by atoms with van der Waals surface area (Å²) < 4.78 is 1.74. The van der Waals surface area contributed by atoms with Gasteiger partial charge in [0.2, 0.25) is 5.91 Å². The molecule has 1 atom stereocenters. The fourth-order valence-corrected chi connectivity index (χ4v) is 2.43. The Labute approximate surface area is 108 Å². The van der Waals surface area contributed by atoms with Gasteiger partial charge >= 0.3 is 0 Å². The number of aryl methyl sites for hydroxylation is 2. The second-order valence-electron chi connectivity index (χ2n) is 5.13. The number of hydrogen-bond donors (Lipinski definition) is 2. The second kappa shape index (κ2) is 5.52. The Balaban J connectivity index is 1.86. The summed E-state index contributed by atoms with van der Waals surface area (Å²) in [5.74, 6) is 1.57. The van der Waals surface area contributed by atoms with Crippen LogP contribution in [-0.4, -0.2) is 28.8 Å². The fraction of sp³-hybridized carbons (Fsp3) is 0.692. The fourth-order valence-electron chi connectivity index (χ4n) is 2.43. The maximum atomic E-state index is 11.9. The summed E-state index contributed by atoms with van der Waals surface area (Å²) >= 11 is 0. The molecule has 0 saturated carbocycles. The molecule has 5 nitrogen and oxygen atoms in total. The van der Waals surface area contributed by atoms with Crippen molar-refractivity contribution in [3.8, 4) is 0 Å². The summed E-state index contributed by atoms with van der Waals surface area (Å²) in [5, 5.41) is 10.6. The zero-order valence-electron chi connectivity index (χ0n) is 11.4. The third-order valence-corrected chi connectivity index (χ3v) is 3.72. The maximum Gasteiger partial charge on any atom is 0.225 e. The molecule has 1 aromatic heterocycles. The summed E-state index contributed by atoms with van der Waals surface area (Å²) in [4.78, 5) is 11.9. The lowest BCUT2D eigenvalue weighted by atomic mass is 10.0. The minimum atomic E-state index is 0.0907. The van der Waals surface area contributed by atoms with Gasteiger partial charge in [-0.15, -0.1) is 0 Å². The topological polar surface area (TPSA) is 59.0 Å². The Bertz CT molecular complexity index is 432. The molecule has 0 bridgehead atoms. The first-order valence-electron chi connectivity index (χ1n) is 6.58. The molecule has 1 aromatic rings. The van der Waals surface area contributed by atoms with Crippen molar-refractivity contribution in [3.05, 3.63) is 11.3 Å². The van der Waals surface area contributed by atoms with E-state index in [0.29, 0.717) is 12.3 Å². The molecule has 18 heavy (non-hydrogen) atoms. The Morgan fingerprint density at radius 1 is 1.56 bits per heavy atom. The van der Waals surface area contributed by atoms with Gasteiger partial charge < -0.3 is 10.6 Å². The van der Waals surface area contributed by atoms with E-state index in [-0.39, 0.29) is 5.91 Å². The number of amides is 1. The highest BCUT2D eigenvalue weighted by Crippen LogP contribution is 2.19. The van der Waals surface area contributed by atoms with Crippen LogP contribution in [0.1, 0.15) is 30.5 Å². The number of carbonyl (C=O) groups excluding carboxylic acids is 1. The van der Waals surface area contributed by atoms with Crippen molar-refractivity contribution in [3.63, 3.8) is 0 Å². The van der Waals surface area contributed by atoms with Gasteiger partial charge in [-0.05, 0) is 45.7 Å². The van der Waals surface area contributed by atoms with E-state index in [1.165, 1.54) is 6.42 Å². The van der Waals surface area contributed by atoms with Gasteiger partial charge in [-0.25, -0.2) is 0 Å². The molecule has 1 unspecified atom stereocenters. The van der Waals surface area contributed by atoms with Crippen molar-refractivity contribution in [1.29, 1.82) is 0 Å². The molecular weight excluding hydrogens is 228 g/mol. The van der Waals surface area contributed by atoms with Gasteiger partial charge in [-0.2, -0.15) is 5.10 Å². The normalized spacial score (nSPS) is 19.2. The van der Waals surface area contributed by atoms with Crippen LogP contribution in [0.5, 0.6) is 0 Å². The minimum absolute atomic E-state index is 0.0907. The summed E-state index contributed by atoms with van der Waals surface area (Å²) in [6, 6.07) is 0. The van der Waals surface area contributed by atoms with Crippen LogP contribution in [0.2, 0.25) is 0 Å². The molecule has 0 aliphatic carbocycles. The molecule has 100 valence electrons. The van der Waals surface area contributed by atoms with E-state index in [1.807, 2.05) is 20.9 Å². The van der Waals surface area contributed by atoms with E-state index in [9.17, 15) is 4.79 Å². The average Bonchev–Trinajstić information content (AvgIpc) is 2.92. The Kier molecular flexibility index (Phi) is 4.01. The molecule has 1 fully saturated rings. The molecule has 1 saturated heterocycles. The molecule has 1 aliphatic rings. The van der Waals surface area contributed by atoms with Crippen molar-refractivity contribution in [2.45, 2.75) is 33.1 Å². The molecule has 0 spiro atoms. The van der Waals surface area contributed by atoms with Crippen LogP contribution in [0, 0.1) is 19.8 Å². The lowest BCUT2D eigenvalue weighted by Crippen LogP contribution is -2.17. The van der Waals surface area contributed by atoms with Crippen LogP contribution in [0.25, 0.3) is 0 Å². The van der Waals surface area contributed by atoms with E-state index in [4.69, 9.17) is 0 Å². The zero-order valence-corrected chi connectivity index (χ0v) is 11.4. The Morgan fingerprint density at radius 3 is 2.89 bits per heavy atom. The molecule has 0 radical (unpaired) electrons. The average molecular weight is 250 g/mol. The van der Waals surface area contributed by atoms with Gasteiger partial charge in [0.15, 0.2) is 0 Å². The number of nitrogens with one attached hydrogen (secondary N) is 2. The number of rotatable bonds is 4. The molecule has 5 heteroatoms. The second-order valence-corrected chi connectivity index (χ2v) is 5.13. The largest absolute Gasteiger partial charge is 0.316 e. The maximum absolute atomic E-state index is 11.9. The summed E-state index contributed by atoms with van der Waals surface area (Å²) in [7, 11) is 1.86. The lowest BCUT2D eigenvalue weighted by Gasteiger charge is -2.09. The summed E-state index contributed by atoms with van der Waals surface area (Å²) in [6.45, 7) is 6.08. The van der Waals surface area contributed by atoms with Gasteiger partial charge in [0.05, 0.1) is 5.69 Å². The van der Waals surface area contributed by atoms with E-state index < -0.39 is 0 Å². The van der Waals surface area contributed by atoms with Gasteiger partial charge in [0.1, 0.15) is 5.82 Å². The lowest BCUT2D eigenvalue weighted by molar-refractivity contribution is -0.116. The van der Waals surface area contributed by atoms with E-state index in [0.717, 1.165) is 36.6 Å². The number of carbonyl (C=O) groups is 1. The van der Waals surface area contributed by atoms with Crippen LogP contribution in [0.3, 0.4) is 0 Å². The highest BCUT2D eigenvalue weighted by molar-refractivity contribution is 5.90. The molecule has 1 amide bonds. The van der Waals surface area contributed by atoms with Crippen LogP contribution in [-0.2, 0) is 11.8 Å². The van der Waals surface area contributed by atoms with Crippen LogP contribution >= 0.6 is 0 Å². The predicted octanol–water partition coefficient (Wildman–Crippen LogP) is 1.37. The SMILES string of the molecule is Cc1nn(C)c(NC(=O)CCC2CCNC2)c1C. The monoisotopic (exact) mass is 250 g/mol. The van der Waals surface area contributed by atoms with Gasteiger partial charge in [-0.1, -0.05) is 0 Å². The molecule has 2 rings (SSSR count).